The van der Waals surface area contributed by atoms with Gasteiger partial charge in [-0.2, -0.15) is 0 Å². The molecule has 0 amide bonds. The average Bonchev–Trinajstić information content (AvgIpc) is 2.85. The molecule has 0 saturated carbocycles. The highest BCUT2D eigenvalue weighted by Gasteiger charge is 2.16. The lowest BCUT2D eigenvalue weighted by Gasteiger charge is -2.19. The fourth-order valence-electron chi connectivity index (χ4n) is 2.25. The normalized spacial score (nSPS) is 15.8. The van der Waals surface area contributed by atoms with Gasteiger partial charge in [-0.05, 0) is 37.5 Å². The first-order valence-electron chi connectivity index (χ1n) is 6.57. The molecule has 6 heteroatoms. The minimum Gasteiger partial charge on any atom is -0.371 e. The number of hydrogen-bond acceptors (Lipinski definition) is 3. The van der Waals surface area contributed by atoms with E-state index in [1.54, 1.807) is 6.07 Å². The maximum atomic E-state index is 11.8. The molecule has 0 radical (unpaired) electrons. The third-order valence-electron chi connectivity index (χ3n) is 3.16. The summed E-state index contributed by atoms with van der Waals surface area (Å²) in [7, 11) is -3.30. The molecular weight excluding hydrogens is 284 g/mol. The number of nitrogens with one attached hydrogen (secondary N) is 1. The standard InChI is InChI=1S/C13H19ClN2O2S/c1-2-9-19(17,18)15-13-10-11(5-6-12(13)14)16-7-3-4-8-16/h5-6,10,15H,2-4,7-9H2,1H3. The molecule has 4 nitrogen and oxygen atoms in total. The zero-order valence-corrected chi connectivity index (χ0v) is 12.6. The lowest BCUT2D eigenvalue weighted by atomic mass is 10.2. The molecule has 1 aliphatic rings. The largest absolute Gasteiger partial charge is 0.371 e. The van der Waals surface area contributed by atoms with E-state index in [2.05, 4.69) is 9.62 Å². The number of hydrogen-bond donors (Lipinski definition) is 1. The van der Waals surface area contributed by atoms with Gasteiger partial charge in [0.25, 0.3) is 0 Å². The first kappa shape index (κ1) is 14.5. The van der Waals surface area contributed by atoms with E-state index in [4.69, 9.17) is 11.6 Å². The first-order valence-corrected chi connectivity index (χ1v) is 8.60. The zero-order chi connectivity index (χ0) is 13.9. The van der Waals surface area contributed by atoms with E-state index in [-0.39, 0.29) is 5.75 Å². The Morgan fingerprint density at radius 3 is 2.63 bits per heavy atom. The Morgan fingerprint density at radius 2 is 2.00 bits per heavy atom. The van der Waals surface area contributed by atoms with E-state index >= 15 is 0 Å². The quantitative estimate of drug-likeness (QED) is 0.909. The molecular formula is C13H19ClN2O2S. The smallest absolute Gasteiger partial charge is 0.232 e. The van der Waals surface area contributed by atoms with Crippen LogP contribution in [-0.2, 0) is 10.0 Å². The van der Waals surface area contributed by atoms with Crippen molar-refractivity contribution >= 4 is 33.0 Å². The lowest BCUT2D eigenvalue weighted by molar-refractivity contribution is 0.600. The van der Waals surface area contributed by atoms with Crippen molar-refractivity contribution in [1.29, 1.82) is 0 Å². The lowest BCUT2D eigenvalue weighted by Crippen LogP contribution is -2.19. The maximum absolute atomic E-state index is 11.8. The highest BCUT2D eigenvalue weighted by Crippen LogP contribution is 2.30. The Bertz CT molecular complexity index is 540. The maximum Gasteiger partial charge on any atom is 0.232 e. The molecule has 1 aromatic carbocycles. The van der Waals surface area contributed by atoms with Gasteiger partial charge in [0, 0.05) is 18.8 Å². The van der Waals surface area contributed by atoms with Crippen LogP contribution in [0.4, 0.5) is 11.4 Å². The highest BCUT2D eigenvalue weighted by atomic mass is 35.5. The zero-order valence-electron chi connectivity index (χ0n) is 11.0. The third-order valence-corrected chi connectivity index (χ3v) is 4.97. The van der Waals surface area contributed by atoms with Crippen molar-refractivity contribution in [2.75, 3.05) is 28.5 Å². The Hall–Kier alpha value is -0.940. The van der Waals surface area contributed by atoms with E-state index in [9.17, 15) is 8.42 Å². The summed E-state index contributed by atoms with van der Waals surface area (Å²) in [5.41, 5.74) is 1.50. The van der Waals surface area contributed by atoms with Crippen LogP contribution in [0, 0.1) is 0 Å². The summed E-state index contributed by atoms with van der Waals surface area (Å²) in [6.07, 6.45) is 2.94. The monoisotopic (exact) mass is 302 g/mol. The number of nitrogens with zero attached hydrogens (tertiary/aromatic N) is 1. The fraction of sp³-hybridized carbons (Fsp3) is 0.538. The molecule has 0 atom stereocenters. The Balaban J connectivity index is 2.22. The molecule has 1 heterocycles. The first-order chi connectivity index (χ1) is 9.02. The summed E-state index contributed by atoms with van der Waals surface area (Å²) in [6.45, 7) is 3.87. The number of anilines is 2. The summed E-state index contributed by atoms with van der Waals surface area (Å²) in [5.74, 6) is 0.108. The number of benzene rings is 1. The van der Waals surface area contributed by atoms with Crippen molar-refractivity contribution in [1.82, 2.24) is 0 Å². The molecule has 106 valence electrons. The van der Waals surface area contributed by atoms with Gasteiger partial charge in [0.1, 0.15) is 0 Å². The van der Waals surface area contributed by atoms with Crippen molar-refractivity contribution in [3.05, 3.63) is 23.2 Å². The molecule has 0 spiro atoms. The minimum atomic E-state index is -3.30. The number of halogens is 1. The van der Waals surface area contributed by atoms with Gasteiger partial charge in [-0.15, -0.1) is 0 Å². The molecule has 2 rings (SSSR count). The van der Waals surface area contributed by atoms with Crippen LogP contribution >= 0.6 is 11.6 Å². The van der Waals surface area contributed by atoms with Crippen LogP contribution in [0.3, 0.4) is 0 Å². The van der Waals surface area contributed by atoms with Crippen LogP contribution < -0.4 is 9.62 Å². The summed E-state index contributed by atoms with van der Waals surface area (Å²) < 4.78 is 26.2. The summed E-state index contributed by atoms with van der Waals surface area (Å²) in [6, 6.07) is 5.51. The molecule has 1 saturated heterocycles. The fourth-order valence-corrected chi connectivity index (χ4v) is 3.62. The van der Waals surface area contributed by atoms with E-state index in [0.29, 0.717) is 17.1 Å². The molecule has 1 aromatic rings. The van der Waals surface area contributed by atoms with Crippen molar-refractivity contribution in [2.45, 2.75) is 26.2 Å². The van der Waals surface area contributed by atoms with Gasteiger partial charge >= 0.3 is 0 Å². The van der Waals surface area contributed by atoms with Crippen molar-refractivity contribution < 1.29 is 8.42 Å². The van der Waals surface area contributed by atoms with Gasteiger partial charge in [-0.3, -0.25) is 4.72 Å². The molecule has 1 aliphatic heterocycles. The van der Waals surface area contributed by atoms with Gasteiger partial charge in [0.2, 0.25) is 10.0 Å². The predicted octanol–water partition coefficient (Wildman–Crippen LogP) is 3.09. The van der Waals surface area contributed by atoms with Crippen LogP contribution in [-0.4, -0.2) is 27.3 Å². The molecule has 0 aromatic heterocycles. The molecule has 0 aliphatic carbocycles. The minimum absolute atomic E-state index is 0.108. The number of sulfonamides is 1. The van der Waals surface area contributed by atoms with Crippen molar-refractivity contribution in [3.8, 4) is 0 Å². The van der Waals surface area contributed by atoms with Crippen LogP contribution in [0.25, 0.3) is 0 Å². The molecule has 19 heavy (non-hydrogen) atoms. The SMILES string of the molecule is CCCS(=O)(=O)Nc1cc(N2CCCC2)ccc1Cl. The second-order valence-electron chi connectivity index (χ2n) is 4.78. The van der Waals surface area contributed by atoms with Crippen LogP contribution in [0.1, 0.15) is 26.2 Å². The topological polar surface area (TPSA) is 49.4 Å². The van der Waals surface area contributed by atoms with Crippen molar-refractivity contribution in [2.24, 2.45) is 0 Å². The van der Waals surface area contributed by atoms with E-state index in [1.807, 2.05) is 19.1 Å². The van der Waals surface area contributed by atoms with Crippen LogP contribution in [0.5, 0.6) is 0 Å². The summed E-state index contributed by atoms with van der Waals surface area (Å²) in [5, 5.41) is 0.433. The summed E-state index contributed by atoms with van der Waals surface area (Å²) in [4.78, 5) is 2.24. The number of rotatable bonds is 5. The van der Waals surface area contributed by atoms with Crippen LogP contribution in [0.15, 0.2) is 18.2 Å². The van der Waals surface area contributed by atoms with Gasteiger partial charge in [0.15, 0.2) is 0 Å². The second kappa shape index (κ2) is 6.01. The highest BCUT2D eigenvalue weighted by molar-refractivity contribution is 7.92. The van der Waals surface area contributed by atoms with Gasteiger partial charge in [-0.1, -0.05) is 18.5 Å². The van der Waals surface area contributed by atoms with Gasteiger partial charge in [-0.25, -0.2) is 8.42 Å². The van der Waals surface area contributed by atoms with E-state index in [1.165, 1.54) is 12.8 Å². The van der Waals surface area contributed by atoms with Crippen molar-refractivity contribution in [3.63, 3.8) is 0 Å². The Kier molecular flexibility index (Phi) is 4.58. The van der Waals surface area contributed by atoms with Crippen LogP contribution in [0.2, 0.25) is 5.02 Å². The Morgan fingerprint density at radius 1 is 1.32 bits per heavy atom. The van der Waals surface area contributed by atoms with E-state index in [0.717, 1.165) is 18.8 Å². The predicted molar refractivity (Wildman–Crippen MR) is 80.6 cm³/mol. The molecule has 0 unspecified atom stereocenters. The molecule has 1 fully saturated rings. The average molecular weight is 303 g/mol. The Labute approximate surface area is 119 Å². The van der Waals surface area contributed by atoms with E-state index < -0.39 is 10.0 Å². The van der Waals surface area contributed by atoms with Gasteiger partial charge < -0.3 is 4.90 Å². The van der Waals surface area contributed by atoms with Gasteiger partial charge in [0.05, 0.1) is 16.5 Å². The molecule has 1 N–H and O–H groups in total. The second-order valence-corrected chi connectivity index (χ2v) is 7.03. The summed E-state index contributed by atoms with van der Waals surface area (Å²) >= 11 is 6.06. The molecule has 0 bridgehead atoms. The third kappa shape index (κ3) is 3.76.